The van der Waals surface area contributed by atoms with E-state index in [0.29, 0.717) is 26.2 Å². The van der Waals surface area contributed by atoms with Crippen molar-refractivity contribution >= 4 is 23.4 Å². The quantitative estimate of drug-likeness (QED) is 0.769. The summed E-state index contributed by atoms with van der Waals surface area (Å²) in [6, 6.07) is 5.90. The molecule has 0 unspecified atom stereocenters. The van der Waals surface area contributed by atoms with Crippen LogP contribution in [-0.4, -0.2) is 53.7 Å². The molecular weight excluding hydrogens is 271 g/mol. The Balaban J connectivity index is 2.00. The lowest BCUT2D eigenvalue weighted by molar-refractivity contribution is -0.129. The molecule has 1 aliphatic heterocycles. The molecular formula is C13H14ClFN2O2. The summed E-state index contributed by atoms with van der Waals surface area (Å²) in [6.07, 6.45) is 0. The van der Waals surface area contributed by atoms with Gasteiger partial charge < -0.3 is 9.80 Å². The Kier molecular flexibility index (Phi) is 4.37. The zero-order chi connectivity index (χ0) is 13.8. The highest BCUT2D eigenvalue weighted by atomic mass is 35.5. The molecule has 0 spiro atoms. The molecule has 1 saturated heterocycles. The van der Waals surface area contributed by atoms with Crippen LogP contribution in [0.5, 0.6) is 0 Å². The predicted octanol–water partition coefficient (Wildman–Crippen LogP) is 1.35. The lowest BCUT2D eigenvalue weighted by Crippen LogP contribution is -2.51. The Morgan fingerprint density at radius 1 is 1.11 bits per heavy atom. The third-order valence-electron chi connectivity index (χ3n) is 3.14. The zero-order valence-corrected chi connectivity index (χ0v) is 11.1. The number of alkyl halides is 1. The lowest BCUT2D eigenvalue weighted by atomic mass is 10.1. The second-order valence-corrected chi connectivity index (χ2v) is 4.55. The van der Waals surface area contributed by atoms with Gasteiger partial charge in [0.25, 0.3) is 5.91 Å². The Bertz CT molecular complexity index is 487. The van der Waals surface area contributed by atoms with Crippen molar-refractivity contribution < 1.29 is 14.0 Å². The maximum absolute atomic E-state index is 13.5. The highest BCUT2D eigenvalue weighted by molar-refractivity contribution is 6.27. The standard InChI is InChI=1S/C13H14ClFN2O2/c14-9-12(18)16-5-7-17(8-6-16)13(19)10-3-1-2-4-11(10)15/h1-4H,5-9H2. The molecule has 0 atom stereocenters. The second-order valence-electron chi connectivity index (χ2n) is 4.29. The van der Waals surface area contributed by atoms with Gasteiger partial charge in [-0.05, 0) is 12.1 Å². The molecule has 1 fully saturated rings. The number of piperazine rings is 1. The first-order valence-corrected chi connectivity index (χ1v) is 6.54. The van der Waals surface area contributed by atoms with Gasteiger partial charge in [0.05, 0.1) is 5.56 Å². The van der Waals surface area contributed by atoms with Gasteiger partial charge in [0.1, 0.15) is 11.7 Å². The Morgan fingerprint density at radius 2 is 1.68 bits per heavy atom. The number of carbonyl (C=O) groups excluding carboxylic acids is 2. The highest BCUT2D eigenvalue weighted by Gasteiger charge is 2.25. The topological polar surface area (TPSA) is 40.6 Å². The van der Waals surface area contributed by atoms with E-state index in [1.807, 2.05) is 0 Å². The third-order valence-corrected chi connectivity index (χ3v) is 3.37. The first-order valence-electron chi connectivity index (χ1n) is 6.01. The number of hydrogen-bond acceptors (Lipinski definition) is 2. The zero-order valence-electron chi connectivity index (χ0n) is 10.3. The molecule has 19 heavy (non-hydrogen) atoms. The Hall–Kier alpha value is -1.62. The van der Waals surface area contributed by atoms with Gasteiger partial charge in [-0.2, -0.15) is 0 Å². The SMILES string of the molecule is O=C(CCl)N1CCN(C(=O)c2ccccc2F)CC1. The summed E-state index contributed by atoms with van der Waals surface area (Å²) in [6.45, 7) is 1.67. The fourth-order valence-electron chi connectivity index (χ4n) is 2.05. The van der Waals surface area contributed by atoms with Gasteiger partial charge in [-0.15, -0.1) is 11.6 Å². The molecule has 0 saturated carbocycles. The molecule has 102 valence electrons. The van der Waals surface area contributed by atoms with Gasteiger partial charge in [0, 0.05) is 26.2 Å². The van der Waals surface area contributed by atoms with Crippen molar-refractivity contribution in [2.24, 2.45) is 0 Å². The van der Waals surface area contributed by atoms with Crippen molar-refractivity contribution in [3.8, 4) is 0 Å². The van der Waals surface area contributed by atoms with E-state index in [-0.39, 0.29) is 23.3 Å². The number of halogens is 2. The molecule has 1 aliphatic rings. The van der Waals surface area contributed by atoms with Gasteiger partial charge in [0.2, 0.25) is 5.91 Å². The van der Waals surface area contributed by atoms with Crippen molar-refractivity contribution in [1.82, 2.24) is 9.80 Å². The molecule has 0 aromatic heterocycles. The minimum atomic E-state index is -0.522. The van der Waals surface area contributed by atoms with Crippen LogP contribution in [0.25, 0.3) is 0 Å². The van der Waals surface area contributed by atoms with Crippen LogP contribution in [0.3, 0.4) is 0 Å². The summed E-state index contributed by atoms with van der Waals surface area (Å²) >= 11 is 5.48. The maximum atomic E-state index is 13.5. The van der Waals surface area contributed by atoms with Crippen LogP contribution in [0.15, 0.2) is 24.3 Å². The number of carbonyl (C=O) groups is 2. The van der Waals surface area contributed by atoms with Crippen LogP contribution in [0, 0.1) is 5.82 Å². The first kappa shape index (κ1) is 13.8. The largest absolute Gasteiger partial charge is 0.338 e. The maximum Gasteiger partial charge on any atom is 0.256 e. The molecule has 0 radical (unpaired) electrons. The number of rotatable bonds is 2. The van der Waals surface area contributed by atoms with Crippen LogP contribution >= 0.6 is 11.6 Å². The number of amides is 2. The monoisotopic (exact) mass is 284 g/mol. The molecule has 0 N–H and O–H groups in total. The molecule has 1 heterocycles. The van der Waals surface area contributed by atoms with Gasteiger partial charge >= 0.3 is 0 Å². The summed E-state index contributed by atoms with van der Waals surface area (Å²) < 4.78 is 13.5. The average molecular weight is 285 g/mol. The van der Waals surface area contributed by atoms with Crippen molar-refractivity contribution in [2.75, 3.05) is 32.1 Å². The predicted molar refractivity (Wildman–Crippen MR) is 69.6 cm³/mol. The van der Waals surface area contributed by atoms with Crippen molar-refractivity contribution in [3.63, 3.8) is 0 Å². The summed E-state index contributed by atoms with van der Waals surface area (Å²) in [5, 5.41) is 0. The van der Waals surface area contributed by atoms with Gasteiger partial charge in [-0.25, -0.2) is 4.39 Å². The fourth-order valence-corrected chi connectivity index (χ4v) is 2.22. The lowest BCUT2D eigenvalue weighted by Gasteiger charge is -2.34. The molecule has 4 nitrogen and oxygen atoms in total. The molecule has 6 heteroatoms. The second kappa shape index (κ2) is 6.02. The van der Waals surface area contributed by atoms with E-state index in [2.05, 4.69) is 0 Å². The normalized spacial score (nSPS) is 15.5. The Labute approximate surface area is 115 Å². The van der Waals surface area contributed by atoms with Crippen LogP contribution in [0.1, 0.15) is 10.4 Å². The number of benzene rings is 1. The molecule has 1 aromatic carbocycles. The number of hydrogen-bond donors (Lipinski definition) is 0. The van der Waals surface area contributed by atoms with Crippen LogP contribution in [0.4, 0.5) is 4.39 Å². The minimum Gasteiger partial charge on any atom is -0.338 e. The Morgan fingerprint density at radius 3 is 2.26 bits per heavy atom. The highest BCUT2D eigenvalue weighted by Crippen LogP contribution is 2.12. The van der Waals surface area contributed by atoms with Crippen LogP contribution in [0.2, 0.25) is 0 Å². The van der Waals surface area contributed by atoms with E-state index in [1.165, 1.54) is 12.1 Å². The fraction of sp³-hybridized carbons (Fsp3) is 0.385. The average Bonchev–Trinajstić information content (AvgIpc) is 2.46. The van der Waals surface area contributed by atoms with Crippen LogP contribution < -0.4 is 0 Å². The van der Waals surface area contributed by atoms with Crippen molar-refractivity contribution in [2.45, 2.75) is 0 Å². The summed E-state index contributed by atoms with van der Waals surface area (Å²) in [4.78, 5) is 26.7. The summed E-state index contributed by atoms with van der Waals surface area (Å²) in [7, 11) is 0. The van der Waals surface area contributed by atoms with Gasteiger partial charge in [-0.1, -0.05) is 12.1 Å². The van der Waals surface area contributed by atoms with E-state index >= 15 is 0 Å². The molecule has 1 aromatic rings. The summed E-state index contributed by atoms with van der Waals surface area (Å²) in [5.41, 5.74) is 0.0691. The molecule has 0 aliphatic carbocycles. The van der Waals surface area contributed by atoms with Crippen molar-refractivity contribution in [3.05, 3.63) is 35.6 Å². The van der Waals surface area contributed by atoms with Gasteiger partial charge in [0.15, 0.2) is 0 Å². The molecule has 2 amide bonds. The van der Waals surface area contributed by atoms with E-state index in [1.54, 1.807) is 21.9 Å². The van der Waals surface area contributed by atoms with Crippen molar-refractivity contribution in [1.29, 1.82) is 0 Å². The minimum absolute atomic E-state index is 0.0543. The van der Waals surface area contributed by atoms with E-state index in [9.17, 15) is 14.0 Å². The van der Waals surface area contributed by atoms with E-state index < -0.39 is 5.82 Å². The van der Waals surface area contributed by atoms with Crippen LogP contribution in [-0.2, 0) is 4.79 Å². The molecule has 0 bridgehead atoms. The molecule has 2 rings (SSSR count). The van der Waals surface area contributed by atoms with E-state index in [4.69, 9.17) is 11.6 Å². The summed E-state index contributed by atoms with van der Waals surface area (Å²) in [5.74, 6) is -1.05. The number of nitrogens with zero attached hydrogens (tertiary/aromatic N) is 2. The third kappa shape index (κ3) is 3.04. The first-order chi connectivity index (χ1) is 9.13. The van der Waals surface area contributed by atoms with E-state index in [0.717, 1.165) is 0 Å². The smallest absolute Gasteiger partial charge is 0.256 e. The van der Waals surface area contributed by atoms with Gasteiger partial charge in [-0.3, -0.25) is 9.59 Å².